The Labute approximate surface area is 112 Å². The monoisotopic (exact) mass is 258 g/mol. The van der Waals surface area contributed by atoms with Gasteiger partial charge in [-0.15, -0.1) is 0 Å². The average molecular weight is 258 g/mol. The first-order valence-electron chi connectivity index (χ1n) is 6.47. The van der Waals surface area contributed by atoms with E-state index in [1.165, 1.54) is 0 Å². The first-order chi connectivity index (χ1) is 9.20. The summed E-state index contributed by atoms with van der Waals surface area (Å²) in [5.74, 6) is -0.755. The van der Waals surface area contributed by atoms with Crippen LogP contribution >= 0.6 is 0 Å². The Kier molecular flexibility index (Phi) is 4.47. The van der Waals surface area contributed by atoms with Crippen molar-refractivity contribution in [1.82, 2.24) is 9.88 Å². The zero-order valence-electron chi connectivity index (χ0n) is 11.0. The van der Waals surface area contributed by atoms with E-state index in [1.807, 2.05) is 31.2 Å². The molecule has 0 aliphatic rings. The first-order valence-corrected chi connectivity index (χ1v) is 6.47. The predicted molar refractivity (Wildman–Crippen MR) is 74.9 cm³/mol. The van der Waals surface area contributed by atoms with Crippen LogP contribution in [0.2, 0.25) is 0 Å². The molecular weight excluding hydrogens is 240 g/mol. The number of carboxylic acids is 1. The Hall–Kier alpha value is -1.94. The molecule has 0 unspecified atom stereocenters. The van der Waals surface area contributed by atoms with Gasteiger partial charge in [-0.1, -0.05) is 31.2 Å². The third-order valence-electron chi connectivity index (χ3n) is 3.20. The van der Waals surface area contributed by atoms with E-state index in [4.69, 9.17) is 5.11 Å². The molecule has 19 heavy (non-hydrogen) atoms. The molecule has 0 aliphatic carbocycles. The van der Waals surface area contributed by atoms with E-state index in [0.717, 1.165) is 29.6 Å². The van der Waals surface area contributed by atoms with Crippen LogP contribution in [0.4, 0.5) is 0 Å². The lowest BCUT2D eigenvalue weighted by molar-refractivity contribution is -0.137. The van der Waals surface area contributed by atoms with Crippen molar-refractivity contribution in [2.24, 2.45) is 0 Å². The lowest BCUT2D eigenvalue weighted by atomic mass is 10.1. The van der Waals surface area contributed by atoms with Crippen molar-refractivity contribution in [2.45, 2.75) is 19.9 Å². The van der Waals surface area contributed by atoms with Crippen molar-refractivity contribution < 1.29 is 9.90 Å². The van der Waals surface area contributed by atoms with Crippen molar-refractivity contribution in [1.29, 1.82) is 0 Å². The van der Waals surface area contributed by atoms with Crippen LogP contribution in [-0.2, 0) is 11.3 Å². The molecule has 1 aromatic heterocycles. The maximum absolute atomic E-state index is 10.6. The zero-order valence-corrected chi connectivity index (χ0v) is 11.0. The lowest BCUT2D eigenvalue weighted by Gasteiger charge is -2.20. The quantitative estimate of drug-likeness (QED) is 0.865. The van der Waals surface area contributed by atoms with Gasteiger partial charge in [0.25, 0.3) is 0 Å². The van der Waals surface area contributed by atoms with Crippen molar-refractivity contribution in [2.75, 3.05) is 13.1 Å². The van der Waals surface area contributed by atoms with Gasteiger partial charge in [0.1, 0.15) is 0 Å². The largest absolute Gasteiger partial charge is 0.481 e. The highest BCUT2D eigenvalue weighted by Gasteiger charge is 2.09. The highest BCUT2D eigenvalue weighted by Crippen LogP contribution is 2.17. The maximum Gasteiger partial charge on any atom is 0.304 e. The molecule has 4 nitrogen and oxygen atoms in total. The number of fused-ring (bicyclic) bond motifs is 1. The standard InChI is InChI=1S/C15H18N2O2/c1-2-17(10-8-14(18)19)11-13-6-3-5-12-7-4-9-16-15(12)13/h3-7,9H,2,8,10-11H2,1H3,(H,18,19). The van der Waals surface area contributed by atoms with Crippen molar-refractivity contribution in [3.05, 3.63) is 42.1 Å². The van der Waals surface area contributed by atoms with Gasteiger partial charge < -0.3 is 5.11 Å². The second-order valence-corrected chi connectivity index (χ2v) is 4.50. The minimum atomic E-state index is -0.755. The van der Waals surface area contributed by atoms with E-state index in [-0.39, 0.29) is 6.42 Å². The normalized spacial score (nSPS) is 11.1. The number of aromatic nitrogens is 1. The number of hydrogen-bond acceptors (Lipinski definition) is 3. The number of aliphatic carboxylic acids is 1. The van der Waals surface area contributed by atoms with Crippen LogP contribution in [0.5, 0.6) is 0 Å². The fraction of sp³-hybridized carbons (Fsp3) is 0.333. The maximum atomic E-state index is 10.6. The molecule has 0 saturated heterocycles. The van der Waals surface area contributed by atoms with Crippen LogP contribution < -0.4 is 0 Å². The van der Waals surface area contributed by atoms with E-state index in [2.05, 4.69) is 16.0 Å². The fourth-order valence-corrected chi connectivity index (χ4v) is 2.14. The molecular formula is C15H18N2O2. The second-order valence-electron chi connectivity index (χ2n) is 4.50. The summed E-state index contributed by atoms with van der Waals surface area (Å²) in [6.07, 6.45) is 1.96. The number of pyridine rings is 1. The molecule has 2 rings (SSSR count). The summed E-state index contributed by atoms with van der Waals surface area (Å²) in [5, 5.41) is 9.88. The van der Waals surface area contributed by atoms with Crippen LogP contribution in [-0.4, -0.2) is 34.0 Å². The summed E-state index contributed by atoms with van der Waals surface area (Å²) in [6, 6.07) is 10.1. The SMILES string of the molecule is CCN(CCC(=O)O)Cc1cccc2cccnc12. The van der Waals surface area contributed by atoms with E-state index in [1.54, 1.807) is 6.20 Å². The molecule has 1 aromatic carbocycles. The lowest BCUT2D eigenvalue weighted by Crippen LogP contribution is -2.25. The van der Waals surface area contributed by atoms with E-state index in [0.29, 0.717) is 6.54 Å². The van der Waals surface area contributed by atoms with E-state index < -0.39 is 5.97 Å². The Balaban J connectivity index is 2.17. The summed E-state index contributed by atoms with van der Waals surface area (Å²) < 4.78 is 0. The molecule has 100 valence electrons. The van der Waals surface area contributed by atoms with Gasteiger partial charge >= 0.3 is 5.97 Å². The Morgan fingerprint density at radius 3 is 2.84 bits per heavy atom. The van der Waals surface area contributed by atoms with Crippen LogP contribution in [0.3, 0.4) is 0 Å². The van der Waals surface area contributed by atoms with Gasteiger partial charge in [0.15, 0.2) is 0 Å². The van der Waals surface area contributed by atoms with Gasteiger partial charge in [0, 0.05) is 24.7 Å². The highest BCUT2D eigenvalue weighted by atomic mass is 16.4. The van der Waals surface area contributed by atoms with E-state index >= 15 is 0 Å². The summed E-state index contributed by atoms with van der Waals surface area (Å²) >= 11 is 0. The fourth-order valence-electron chi connectivity index (χ4n) is 2.14. The summed E-state index contributed by atoms with van der Waals surface area (Å²) in [5.41, 5.74) is 2.14. The Morgan fingerprint density at radius 2 is 2.11 bits per heavy atom. The Morgan fingerprint density at radius 1 is 1.32 bits per heavy atom. The molecule has 1 N–H and O–H groups in total. The molecule has 0 saturated carbocycles. The predicted octanol–water partition coefficient (Wildman–Crippen LogP) is 2.53. The van der Waals surface area contributed by atoms with Gasteiger partial charge in [-0.3, -0.25) is 14.7 Å². The number of benzene rings is 1. The highest BCUT2D eigenvalue weighted by molar-refractivity contribution is 5.81. The number of hydrogen-bond donors (Lipinski definition) is 1. The molecule has 0 radical (unpaired) electrons. The Bertz CT molecular complexity index is 564. The van der Waals surface area contributed by atoms with Crippen molar-refractivity contribution in [3.63, 3.8) is 0 Å². The van der Waals surface area contributed by atoms with Gasteiger partial charge in [-0.05, 0) is 18.2 Å². The van der Waals surface area contributed by atoms with Crippen molar-refractivity contribution in [3.8, 4) is 0 Å². The first kappa shape index (κ1) is 13.5. The van der Waals surface area contributed by atoms with Crippen LogP contribution in [0.15, 0.2) is 36.5 Å². The number of nitrogens with zero attached hydrogens (tertiary/aromatic N) is 2. The summed E-state index contributed by atoms with van der Waals surface area (Å²) in [7, 11) is 0. The molecule has 2 aromatic rings. The molecule has 1 heterocycles. The van der Waals surface area contributed by atoms with E-state index in [9.17, 15) is 4.79 Å². The van der Waals surface area contributed by atoms with Gasteiger partial charge in [-0.25, -0.2) is 0 Å². The molecule has 0 bridgehead atoms. The molecule has 0 aliphatic heterocycles. The smallest absolute Gasteiger partial charge is 0.304 e. The average Bonchev–Trinajstić information content (AvgIpc) is 2.43. The number of rotatable bonds is 6. The summed E-state index contributed by atoms with van der Waals surface area (Å²) in [6.45, 7) is 4.17. The number of para-hydroxylation sites is 1. The third kappa shape index (κ3) is 3.51. The van der Waals surface area contributed by atoms with Crippen LogP contribution in [0.1, 0.15) is 18.9 Å². The number of carbonyl (C=O) groups is 1. The van der Waals surface area contributed by atoms with Gasteiger partial charge in [0.05, 0.1) is 11.9 Å². The molecule has 0 amide bonds. The zero-order chi connectivity index (χ0) is 13.7. The third-order valence-corrected chi connectivity index (χ3v) is 3.20. The molecule has 0 spiro atoms. The number of carboxylic acid groups (broad SMARTS) is 1. The van der Waals surface area contributed by atoms with Crippen LogP contribution in [0, 0.1) is 0 Å². The van der Waals surface area contributed by atoms with Gasteiger partial charge in [-0.2, -0.15) is 0 Å². The van der Waals surface area contributed by atoms with Crippen LogP contribution in [0.25, 0.3) is 10.9 Å². The summed E-state index contributed by atoms with van der Waals surface area (Å²) in [4.78, 5) is 17.2. The second kappa shape index (κ2) is 6.29. The topological polar surface area (TPSA) is 53.4 Å². The van der Waals surface area contributed by atoms with Crippen molar-refractivity contribution >= 4 is 16.9 Å². The molecule has 0 atom stereocenters. The molecule has 4 heteroatoms. The van der Waals surface area contributed by atoms with Gasteiger partial charge in [0.2, 0.25) is 0 Å². The molecule has 0 fully saturated rings. The minimum Gasteiger partial charge on any atom is -0.481 e. The minimum absolute atomic E-state index is 0.173.